The highest BCUT2D eigenvalue weighted by molar-refractivity contribution is 9.10. The third-order valence-electron chi connectivity index (χ3n) is 3.48. The van der Waals surface area contributed by atoms with E-state index in [9.17, 15) is 5.11 Å². The monoisotopic (exact) mass is 348 g/mol. The van der Waals surface area contributed by atoms with Gasteiger partial charge < -0.3 is 10.0 Å². The van der Waals surface area contributed by atoms with Gasteiger partial charge in [-0.2, -0.15) is 0 Å². The summed E-state index contributed by atoms with van der Waals surface area (Å²) in [6, 6.07) is 12.1. The molecule has 112 valence electrons. The maximum atomic E-state index is 9.66. The van der Waals surface area contributed by atoms with Gasteiger partial charge in [-0.1, -0.05) is 12.1 Å². The van der Waals surface area contributed by atoms with Gasteiger partial charge in [0, 0.05) is 16.7 Å². The lowest BCUT2D eigenvalue weighted by Crippen LogP contribution is -2.23. The van der Waals surface area contributed by atoms with Crippen molar-refractivity contribution in [2.45, 2.75) is 33.4 Å². The Hall–Kier alpha value is -1.39. The van der Waals surface area contributed by atoms with Gasteiger partial charge in [0.25, 0.3) is 0 Å². The molecular weight excluding hydrogens is 328 g/mol. The quantitative estimate of drug-likeness (QED) is 0.878. The van der Waals surface area contributed by atoms with Crippen molar-refractivity contribution in [3.8, 4) is 0 Å². The third-order valence-corrected chi connectivity index (χ3v) is 4.11. The summed E-state index contributed by atoms with van der Waals surface area (Å²) in [6.07, 6.45) is -0.455. The minimum absolute atomic E-state index is 0.455. The number of aryl methyl sites for hydroxylation is 1. The summed E-state index contributed by atoms with van der Waals surface area (Å²) in [5, 5.41) is 9.66. The minimum atomic E-state index is -0.455. The average Bonchev–Trinajstić information content (AvgIpc) is 2.45. The summed E-state index contributed by atoms with van der Waals surface area (Å²) in [5.41, 5.74) is 4.12. The van der Waals surface area contributed by atoms with Crippen molar-refractivity contribution in [3.05, 3.63) is 57.8 Å². The van der Waals surface area contributed by atoms with Crippen LogP contribution in [0, 0.1) is 6.92 Å². The van der Waals surface area contributed by atoms with Gasteiger partial charge in [-0.05, 0) is 66.5 Å². The molecule has 0 amide bonds. The number of halogens is 1. The lowest BCUT2D eigenvalue weighted by atomic mass is 10.1. The van der Waals surface area contributed by atoms with Gasteiger partial charge >= 0.3 is 0 Å². The summed E-state index contributed by atoms with van der Waals surface area (Å²) < 4.78 is 0.996. The number of aliphatic hydroxyl groups excluding tert-OH is 1. The Morgan fingerprint density at radius 2 is 2.05 bits per heavy atom. The smallest absolute Gasteiger partial charge is 0.0762 e. The summed E-state index contributed by atoms with van der Waals surface area (Å²) >= 11 is 3.61. The summed E-state index contributed by atoms with van der Waals surface area (Å²) in [5.74, 6) is 0. The van der Waals surface area contributed by atoms with Crippen LogP contribution in [-0.4, -0.2) is 16.6 Å². The maximum Gasteiger partial charge on any atom is 0.0762 e. The van der Waals surface area contributed by atoms with E-state index in [1.165, 1.54) is 0 Å². The van der Waals surface area contributed by atoms with Crippen molar-refractivity contribution < 1.29 is 5.11 Å². The second-order valence-corrected chi connectivity index (χ2v) is 6.03. The Morgan fingerprint density at radius 1 is 1.29 bits per heavy atom. The van der Waals surface area contributed by atoms with Gasteiger partial charge in [-0.15, -0.1) is 0 Å². The first-order valence-electron chi connectivity index (χ1n) is 7.16. The fourth-order valence-electron chi connectivity index (χ4n) is 2.29. The highest BCUT2D eigenvalue weighted by Gasteiger charge is 2.12. The number of pyridine rings is 1. The molecule has 1 atom stereocenters. The molecule has 0 radical (unpaired) electrons. The van der Waals surface area contributed by atoms with Crippen LogP contribution in [0.5, 0.6) is 0 Å². The van der Waals surface area contributed by atoms with Crippen LogP contribution in [0.4, 0.5) is 5.69 Å². The molecule has 0 saturated carbocycles. The van der Waals surface area contributed by atoms with Crippen molar-refractivity contribution in [1.29, 1.82) is 0 Å². The molecule has 0 spiro atoms. The number of hydrogen-bond acceptors (Lipinski definition) is 3. The highest BCUT2D eigenvalue weighted by atomic mass is 79.9. The predicted octanol–water partition coefficient (Wildman–Crippen LogP) is 4.23. The molecule has 0 aliphatic rings. The molecule has 2 rings (SSSR count). The van der Waals surface area contributed by atoms with Gasteiger partial charge in [0.15, 0.2) is 0 Å². The molecule has 3 nitrogen and oxygen atoms in total. The van der Waals surface area contributed by atoms with E-state index in [0.29, 0.717) is 0 Å². The van der Waals surface area contributed by atoms with Gasteiger partial charge in [0.05, 0.1) is 24.0 Å². The zero-order chi connectivity index (χ0) is 15.4. The van der Waals surface area contributed by atoms with Crippen molar-refractivity contribution >= 4 is 21.6 Å². The van der Waals surface area contributed by atoms with Crippen molar-refractivity contribution in [2.24, 2.45) is 0 Å². The third kappa shape index (κ3) is 4.05. The van der Waals surface area contributed by atoms with Crippen LogP contribution in [0.3, 0.4) is 0 Å². The van der Waals surface area contributed by atoms with Crippen LogP contribution < -0.4 is 4.90 Å². The lowest BCUT2D eigenvalue weighted by Gasteiger charge is -2.24. The molecule has 21 heavy (non-hydrogen) atoms. The van der Waals surface area contributed by atoms with Crippen molar-refractivity contribution in [1.82, 2.24) is 4.98 Å². The highest BCUT2D eigenvalue weighted by Crippen LogP contribution is 2.30. The topological polar surface area (TPSA) is 36.4 Å². The molecule has 1 N–H and O–H groups in total. The first-order chi connectivity index (χ1) is 10.0. The second kappa shape index (κ2) is 7.05. The zero-order valence-electron chi connectivity index (χ0n) is 12.7. The first-order valence-corrected chi connectivity index (χ1v) is 7.95. The average molecular weight is 349 g/mol. The van der Waals surface area contributed by atoms with E-state index in [0.717, 1.165) is 40.2 Å². The number of anilines is 1. The Labute approximate surface area is 134 Å². The van der Waals surface area contributed by atoms with Crippen molar-refractivity contribution in [2.75, 3.05) is 11.4 Å². The molecule has 0 saturated heterocycles. The van der Waals surface area contributed by atoms with E-state index in [4.69, 9.17) is 0 Å². The van der Waals surface area contributed by atoms with Gasteiger partial charge in [0.1, 0.15) is 0 Å². The van der Waals surface area contributed by atoms with Crippen LogP contribution in [0.25, 0.3) is 0 Å². The summed E-state index contributed by atoms with van der Waals surface area (Å²) in [4.78, 5) is 6.83. The molecule has 0 aliphatic heterocycles. The number of rotatable bonds is 5. The van der Waals surface area contributed by atoms with E-state index in [2.05, 4.69) is 32.7 Å². The molecule has 4 heteroatoms. The second-order valence-electron chi connectivity index (χ2n) is 5.17. The van der Waals surface area contributed by atoms with Crippen LogP contribution in [0.15, 0.2) is 40.9 Å². The van der Waals surface area contributed by atoms with Gasteiger partial charge in [0.2, 0.25) is 0 Å². The van der Waals surface area contributed by atoms with E-state index < -0.39 is 6.10 Å². The molecule has 0 aliphatic carbocycles. The molecule has 1 unspecified atom stereocenters. The number of aromatic nitrogens is 1. The van der Waals surface area contributed by atoms with Gasteiger partial charge in [-0.25, -0.2) is 0 Å². The minimum Gasteiger partial charge on any atom is -0.389 e. The molecule has 1 heterocycles. The molecular formula is C17H21BrN2O. The Balaban J connectivity index is 2.25. The molecule has 2 aromatic rings. The normalized spacial score (nSPS) is 12.2. The Kier molecular flexibility index (Phi) is 5.37. The standard InChI is InChI=1S/C17H21BrN2O/c1-4-20(11-15-7-5-6-12(2)19-15)17-9-8-14(13(3)21)10-16(17)18/h5-10,13,21H,4,11H2,1-3H3. The lowest BCUT2D eigenvalue weighted by molar-refractivity contribution is 0.199. The van der Waals surface area contributed by atoms with E-state index in [1.807, 2.05) is 43.3 Å². The molecule has 1 aromatic heterocycles. The maximum absolute atomic E-state index is 9.66. The zero-order valence-corrected chi connectivity index (χ0v) is 14.3. The molecule has 0 bridgehead atoms. The van der Waals surface area contributed by atoms with E-state index in [1.54, 1.807) is 6.92 Å². The largest absolute Gasteiger partial charge is 0.389 e. The fraction of sp³-hybridized carbons (Fsp3) is 0.353. The van der Waals surface area contributed by atoms with Crippen molar-refractivity contribution in [3.63, 3.8) is 0 Å². The van der Waals surface area contributed by atoms with Crippen LogP contribution >= 0.6 is 15.9 Å². The summed E-state index contributed by atoms with van der Waals surface area (Å²) in [7, 11) is 0. The number of aliphatic hydroxyl groups is 1. The van der Waals surface area contributed by atoms with Crippen LogP contribution in [-0.2, 0) is 6.54 Å². The first kappa shape index (κ1) is 16.0. The predicted molar refractivity (Wildman–Crippen MR) is 90.5 cm³/mol. The number of benzene rings is 1. The van der Waals surface area contributed by atoms with Crippen LogP contribution in [0.1, 0.15) is 36.9 Å². The molecule has 1 aromatic carbocycles. The summed E-state index contributed by atoms with van der Waals surface area (Å²) in [6.45, 7) is 7.57. The van der Waals surface area contributed by atoms with Gasteiger partial charge in [-0.3, -0.25) is 4.98 Å². The molecule has 0 fully saturated rings. The number of nitrogens with zero attached hydrogens (tertiary/aromatic N) is 2. The van der Waals surface area contributed by atoms with E-state index in [-0.39, 0.29) is 0 Å². The van der Waals surface area contributed by atoms with E-state index >= 15 is 0 Å². The fourth-order valence-corrected chi connectivity index (χ4v) is 2.94. The Bertz CT molecular complexity index is 613. The Morgan fingerprint density at radius 3 is 2.62 bits per heavy atom. The SMILES string of the molecule is CCN(Cc1cccc(C)n1)c1ccc(C(C)O)cc1Br. The van der Waals surface area contributed by atoms with Crippen LogP contribution in [0.2, 0.25) is 0 Å². The number of hydrogen-bond donors (Lipinski definition) is 1.